The van der Waals surface area contributed by atoms with Gasteiger partial charge in [0.15, 0.2) is 5.15 Å². The van der Waals surface area contributed by atoms with Gasteiger partial charge >= 0.3 is 0 Å². The standard InChI is InChI=1S/C8H9ClN2O2/c1-13-5-7(12)11-6-3-2-4-10-8(6)9/h2-4H,5H2,1H3,(H,11,12). The minimum absolute atomic E-state index is 0.00518. The van der Waals surface area contributed by atoms with Gasteiger partial charge in [-0.15, -0.1) is 0 Å². The lowest BCUT2D eigenvalue weighted by Gasteiger charge is -2.04. The zero-order valence-corrected chi connectivity index (χ0v) is 7.84. The lowest BCUT2D eigenvalue weighted by atomic mass is 10.4. The van der Waals surface area contributed by atoms with Crippen molar-refractivity contribution in [2.24, 2.45) is 0 Å². The molecule has 0 radical (unpaired) electrons. The molecule has 0 aliphatic heterocycles. The zero-order valence-electron chi connectivity index (χ0n) is 7.08. The molecule has 0 saturated heterocycles. The van der Waals surface area contributed by atoms with Crippen LogP contribution in [0.15, 0.2) is 18.3 Å². The molecule has 0 saturated carbocycles. The molecule has 13 heavy (non-hydrogen) atoms. The molecule has 0 fully saturated rings. The molecule has 1 aromatic rings. The molecule has 1 heterocycles. The van der Waals surface area contributed by atoms with Crippen molar-refractivity contribution in [3.63, 3.8) is 0 Å². The number of aromatic nitrogens is 1. The SMILES string of the molecule is COCC(=O)Nc1cccnc1Cl. The number of carbonyl (C=O) groups excluding carboxylic acids is 1. The summed E-state index contributed by atoms with van der Waals surface area (Å²) >= 11 is 5.70. The minimum atomic E-state index is -0.252. The molecule has 0 unspecified atom stereocenters. The number of ether oxygens (including phenoxy) is 1. The Morgan fingerprint density at radius 2 is 2.54 bits per heavy atom. The van der Waals surface area contributed by atoms with E-state index in [1.807, 2.05) is 0 Å². The van der Waals surface area contributed by atoms with E-state index in [0.29, 0.717) is 5.69 Å². The highest BCUT2D eigenvalue weighted by Crippen LogP contribution is 2.16. The molecule has 70 valence electrons. The van der Waals surface area contributed by atoms with E-state index in [2.05, 4.69) is 15.0 Å². The maximum atomic E-state index is 11.0. The number of halogens is 1. The lowest BCUT2D eigenvalue weighted by molar-refractivity contribution is -0.119. The van der Waals surface area contributed by atoms with Gasteiger partial charge in [0.1, 0.15) is 6.61 Å². The van der Waals surface area contributed by atoms with Gasteiger partial charge in [0, 0.05) is 13.3 Å². The molecule has 1 amide bonds. The molecule has 1 rings (SSSR count). The number of nitrogens with zero attached hydrogens (tertiary/aromatic N) is 1. The molecule has 0 spiro atoms. The second-order valence-electron chi connectivity index (χ2n) is 2.32. The Morgan fingerprint density at radius 3 is 3.15 bits per heavy atom. The highest BCUT2D eigenvalue weighted by atomic mass is 35.5. The minimum Gasteiger partial charge on any atom is -0.375 e. The van der Waals surface area contributed by atoms with Crippen molar-refractivity contribution < 1.29 is 9.53 Å². The zero-order chi connectivity index (χ0) is 9.68. The fraction of sp³-hybridized carbons (Fsp3) is 0.250. The number of hydrogen-bond acceptors (Lipinski definition) is 3. The number of hydrogen-bond donors (Lipinski definition) is 1. The topological polar surface area (TPSA) is 51.2 Å². The maximum Gasteiger partial charge on any atom is 0.250 e. The summed E-state index contributed by atoms with van der Waals surface area (Å²) in [5.74, 6) is -0.252. The molecule has 0 aliphatic rings. The van der Waals surface area contributed by atoms with Gasteiger partial charge in [0.05, 0.1) is 5.69 Å². The predicted octanol–water partition coefficient (Wildman–Crippen LogP) is 1.32. The molecule has 4 nitrogen and oxygen atoms in total. The number of amides is 1. The van der Waals surface area contributed by atoms with Crippen LogP contribution in [-0.4, -0.2) is 24.6 Å². The quantitative estimate of drug-likeness (QED) is 0.749. The Hall–Kier alpha value is -1.13. The normalized spacial score (nSPS) is 9.69. The summed E-state index contributed by atoms with van der Waals surface area (Å²) in [5, 5.41) is 2.82. The highest BCUT2D eigenvalue weighted by Gasteiger charge is 2.04. The average Bonchev–Trinajstić information content (AvgIpc) is 2.09. The molecule has 0 aliphatic carbocycles. The Morgan fingerprint density at radius 1 is 1.77 bits per heavy atom. The Balaban J connectivity index is 2.63. The third-order valence-electron chi connectivity index (χ3n) is 1.31. The fourth-order valence-electron chi connectivity index (χ4n) is 0.797. The van der Waals surface area contributed by atoms with Crippen LogP contribution in [0.3, 0.4) is 0 Å². The summed E-state index contributed by atoms with van der Waals surface area (Å²) in [6.07, 6.45) is 1.55. The van der Waals surface area contributed by atoms with Gasteiger partial charge in [-0.25, -0.2) is 4.98 Å². The second-order valence-corrected chi connectivity index (χ2v) is 2.68. The van der Waals surface area contributed by atoms with Crippen molar-refractivity contribution in [2.75, 3.05) is 19.0 Å². The van der Waals surface area contributed by atoms with E-state index < -0.39 is 0 Å². The number of pyridine rings is 1. The third kappa shape index (κ3) is 3.01. The van der Waals surface area contributed by atoms with Crippen molar-refractivity contribution in [1.82, 2.24) is 4.98 Å². The Kier molecular flexibility index (Phi) is 3.67. The highest BCUT2D eigenvalue weighted by molar-refractivity contribution is 6.32. The van der Waals surface area contributed by atoms with Crippen LogP contribution < -0.4 is 5.32 Å². The van der Waals surface area contributed by atoms with Crippen LogP contribution in [0.5, 0.6) is 0 Å². The summed E-state index contributed by atoms with van der Waals surface area (Å²) in [6.45, 7) is 0.00518. The monoisotopic (exact) mass is 200 g/mol. The van der Waals surface area contributed by atoms with Crippen LogP contribution in [0, 0.1) is 0 Å². The van der Waals surface area contributed by atoms with Gasteiger partial charge < -0.3 is 10.1 Å². The molecule has 0 aromatic carbocycles. The van der Waals surface area contributed by atoms with Gasteiger partial charge in [-0.05, 0) is 12.1 Å². The first kappa shape index (κ1) is 9.95. The number of nitrogens with one attached hydrogen (secondary N) is 1. The summed E-state index contributed by atoms with van der Waals surface area (Å²) < 4.78 is 4.64. The van der Waals surface area contributed by atoms with E-state index in [0.717, 1.165) is 0 Å². The Labute approximate surface area is 80.9 Å². The average molecular weight is 201 g/mol. The van der Waals surface area contributed by atoms with Gasteiger partial charge in [0.25, 0.3) is 0 Å². The lowest BCUT2D eigenvalue weighted by Crippen LogP contribution is -2.17. The Bertz CT molecular complexity index is 304. The van der Waals surface area contributed by atoms with Crippen LogP contribution in [0.25, 0.3) is 0 Å². The van der Waals surface area contributed by atoms with Crippen molar-refractivity contribution >= 4 is 23.2 Å². The van der Waals surface area contributed by atoms with E-state index in [4.69, 9.17) is 11.6 Å². The number of anilines is 1. The van der Waals surface area contributed by atoms with E-state index in [1.54, 1.807) is 18.3 Å². The van der Waals surface area contributed by atoms with E-state index in [-0.39, 0.29) is 17.7 Å². The van der Waals surface area contributed by atoms with Crippen molar-refractivity contribution in [1.29, 1.82) is 0 Å². The van der Waals surface area contributed by atoms with Crippen molar-refractivity contribution in [3.8, 4) is 0 Å². The summed E-state index contributed by atoms with van der Waals surface area (Å²) in [7, 11) is 1.45. The largest absolute Gasteiger partial charge is 0.375 e. The van der Waals surface area contributed by atoms with Crippen LogP contribution >= 0.6 is 11.6 Å². The van der Waals surface area contributed by atoms with Crippen molar-refractivity contribution in [3.05, 3.63) is 23.5 Å². The van der Waals surface area contributed by atoms with Gasteiger partial charge in [-0.3, -0.25) is 4.79 Å². The first-order valence-electron chi connectivity index (χ1n) is 3.63. The van der Waals surface area contributed by atoms with E-state index >= 15 is 0 Å². The summed E-state index contributed by atoms with van der Waals surface area (Å²) in [4.78, 5) is 14.8. The van der Waals surface area contributed by atoms with E-state index in [1.165, 1.54) is 7.11 Å². The van der Waals surface area contributed by atoms with Gasteiger partial charge in [-0.1, -0.05) is 11.6 Å². The van der Waals surface area contributed by atoms with Crippen LogP contribution in [0.4, 0.5) is 5.69 Å². The maximum absolute atomic E-state index is 11.0. The predicted molar refractivity (Wildman–Crippen MR) is 49.8 cm³/mol. The fourth-order valence-corrected chi connectivity index (χ4v) is 0.963. The van der Waals surface area contributed by atoms with Crippen LogP contribution in [0.2, 0.25) is 5.15 Å². The van der Waals surface area contributed by atoms with Crippen LogP contribution in [-0.2, 0) is 9.53 Å². The first-order chi connectivity index (χ1) is 6.24. The van der Waals surface area contributed by atoms with Crippen LogP contribution in [0.1, 0.15) is 0 Å². The smallest absolute Gasteiger partial charge is 0.250 e. The third-order valence-corrected chi connectivity index (χ3v) is 1.61. The van der Waals surface area contributed by atoms with Gasteiger partial charge in [-0.2, -0.15) is 0 Å². The molecule has 0 atom stereocenters. The van der Waals surface area contributed by atoms with Gasteiger partial charge in [0.2, 0.25) is 5.91 Å². The van der Waals surface area contributed by atoms with Crippen molar-refractivity contribution in [2.45, 2.75) is 0 Å². The number of carbonyl (C=O) groups is 1. The summed E-state index contributed by atoms with van der Waals surface area (Å²) in [6, 6.07) is 3.36. The molecule has 1 N–H and O–H groups in total. The number of methoxy groups -OCH3 is 1. The molecular formula is C8H9ClN2O2. The molecular weight excluding hydrogens is 192 g/mol. The molecule has 5 heteroatoms. The number of rotatable bonds is 3. The summed E-state index contributed by atoms with van der Waals surface area (Å²) in [5.41, 5.74) is 0.492. The van der Waals surface area contributed by atoms with E-state index in [9.17, 15) is 4.79 Å². The molecule has 0 bridgehead atoms. The second kappa shape index (κ2) is 4.79. The first-order valence-corrected chi connectivity index (χ1v) is 4.01. The molecule has 1 aromatic heterocycles.